The molecule has 0 atom stereocenters. The maximum Gasteiger partial charge on any atom is 0.416 e. The molecule has 0 fully saturated rings. The van der Waals surface area contributed by atoms with Crippen LogP contribution >= 0.6 is 0 Å². The van der Waals surface area contributed by atoms with Gasteiger partial charge in [0, 0.05) is 18.2 Å². The van der Waals surface area contributed by atoms with Gasteiger partial charge >= 0.3 is 12.2 Å². The Kier molecular flexibility index (Phi) is 7.70. The topological polar surface area (TPSA) is 136 Å². The van der Waals surface area contributed by atoms with E-state index in [1.54, 1.807) is 19.9 Å². The highest BCUT2D eigenvalue weighted by Crippen LogP contribution is 2.39. The number of hydrogen-bond donors (Lipinski definition) is 3. The maximum absolute atomic E-state index is 13.7. The van der Waals surface area contributed by atoms with E-state index in [0.717, 1.165) is 12.1 Å². The number of carbonyl (C=O) groups is 3. The van der Waals surface area contributed by atoms with E-state index in [1.165, 1.54) is 32.2 Å². The standard InChI is InChI=1S/C25H26F3N5O4/c1-5-37-20-11-15(34)7-8-16(20)21-30-12-19(13(2)31-21)33-23(36)32-14-6-9-17(24(3,4)22(29)35)18(10-14)25(26,27)28/h6,8-12H,5,7H2,1-4H3,(H2,29,35)(H2,32,33,36). The van der Waals surface area contributed by atoms with Crippen molar-refractivity contribution >= 4 is 34.7 Å². The number of aromatic nitrogens is 2. The van der Waals surface area contributed by atoms with Gasteiger partial charge in [-0.05, 0) is 45.4 Å². The molecule has 0 aliphatic heterocycles. The third-order valence-corrected chi connectivity index (χ3v) is 5.71. The first kappa shape index (κ1) is 27.4. The summed E-state index contributed by atoms with van der Waals surface area (Å²) >= 11 is 0. The van der Waals surface area contributed by atoms with Crippen LogP contribution in [0.5, 0.6) is 0 Å². The number of ether oxygens (including phenoxy) is 1. The summed E-state index contributed by atoms with van der Waals surface area (Å²) in [5.41, 5.74) is 3.31. The van der Waals surface area contributed by atoms with E-state index in [2.05, 4.69) is 20.6 Å². The highest BCUT2D eigenvalue weighted by molar-refractivity contribution is 6.01. The van der Waals surface area contributed by atoms with Crippen molar-refractivity contribution < 1.29 is 32.3 Å². The van der Waals surface area contributed by atoms with Crippen LogP contribution in [-0.4, -0.2) is 34.3 Å². The number of nitrogens with two attached hydrogens (primary N) is 1. The average Bonchev–Trinajstić information content (AvgIpc) is 2.80. The van der Waals surface area contributed by atoms with Crippen LogP contribution in [0.4, 0.5) is 29.3 Å². The van der Waals surface area contributed by atoms with Gasteiger partial charge in [-0.1, -0.05) is 12.1 Å². The van der Waals surface area contributed by atoms with Crippen molar-refractivity contribution in [2.45, 2.75) is 45.7 Å². The lowest BCUT2D eigenvalue weighted by Gasteiger charge is -2.26. The van der Waals surface area contributed by atoms with Gasteiger partial charge < -0.3 is 21.1 Å². The third-order valence-electron chi connectivity index (χ3n) is 5.71. The molecule has 3 rings (SSSR count). The number of primary amides is 1. The van der Waals surface area contributed by atoms with Crippen LogP contribution in [0.2, 0.25) is 0 Å². The summed E-state index contributed by atoms with van der Waals surface area (Å²) in [7, 11) is 0. The first-order valence-corrected chi connectivity index (χ1v) is 11.3. The molecule has 9 nitrogen and oxygen atoms in total. The average molecular weight is 518 g/mol. The van der Waals surface area contributed by atoms with Crippen molar-refractivity contribution in [1.82, 2.24) is 9.97 Å². The van der Waals surface area contributed by atoms with Gasteiger partial charge in [0.1, 0.15) is 5.76 Å². The van der Waals surface area contributed by atoms with Crippen molar-refractivity contribution in [1.29, 1.82) is 0 Å². The lowest BCUT2D eigenvalue weighted by molar-refractivity contribution is -0.139. The summed E-state index contributed by atoms with van der Waals surface area (Å²) in [6.07, 6.45) is -0.237. The van der Waals surface area contributed by atoms with Gasteiger partial charge in [0.05, 0.1) is 40.7 Å². The minimum atomic E-state index is -4.79. The quantitative estimate of drug-likeness (QED) is 0.495. The molecular weight excluding hydrogens is 491 g/mol. The second kappa shape index (κ2) is 10.4. The number of urea groups is 1. The molecule has 0 saturated heterocycles. The molecule has 1 aliphatic carbocycles. The Morgan fingerprint density at radius 2 is 1.86 bits per heavy atom. The number of ketones is 1. The number of nitrogens with zero attached hydrogens (tertiary/aromatic N) is 2. The Balaban J connectivity index is 1.80. The summed E-state index contributed by atoms with van der Waals surface area (Å²) in [4.78, 5) is 44.6. The van der Waals surface area contributed by atoms with Gasteiger partial charge in [-0.25, -0.2) is 14.8 Å². The molecule has 196 valence electrons. The molecule has 1 aromatic carbocycles. The van der Waals surface area contributed by atoms with Crippen LogP contribution in [-0.2, 0) is 25.9 Å². The Labute approximate surface area is 211 Å². The molecule has 0 saturated carbocycles. The highest BCUT2D eigenvalue weighted by atomic mass is 19.4. The first-order chi connectivity index (χ1) is 17.2. The van der Waals surface area contributed by atoms with Crippen LogP contribution < -0.4 is 16.4 Å². The fourth-order valence-electron chi connectivity index (χ4n) is 3.60. The van der Waals surface area contributed by atoms with E-state index >= 15 is 0 Å². The van der Waals surface area contributed by atoms with Crippen LogP contribution in [0.1, 0.15) is 49.8 Å². The van der Waals surface area contributed by atoms with Gasteiger partial charge in [0.15, 0.2) is 11.6 Å². The van der Waals surface area contributed by atoms with E-state index in [1.807, 2.05) is 0 Å². The Bertz CT molecular complexity index is 1320. The summed E-state index contributed by atoms with van der Waals surface area (Å²) < 4.78 is 46.6. The Morgan fingerprint density at radius 3 is 2.46 bits per heavy atom. The minimum Gasteiger partial charge on any atom is -0.493 e. The second-order valence-corrected chi connectivity index (χ2v) is 8.75. The molecule has 12 heteroatoms. The van der Waals surface area contributed by atoms with Crippen molar-refractivity contribution in [3.8, 4) is 0 Å². The summed E-state index contributed by atoms with van der Waals surface area (Å²) in [6.45, 7) is 6.31. The number of amides is 3. The summed E-state index contributed by atoms with van der Waals surface area (Å²) in [6, 6.07) is 2.27. The molecule has 0 bridgehead atoms. The van der Waals surface area contributed by atoms with E-state index < -0.39 is 29.1 Å². The van der Waals surface area contributed by atoms with Crippen molar-refractivity contribution in [2.24, 2.45) is 5.73 Å². The first-order valence-electron chi connectivity index (χ1n) is 11.3. The zero-order chi connectivity index (χ0) is 27.5. The maximum atomic E-state index is 13.7. The lowest BCUT2D eigenvalue weighted by Crippen LogP contribution is -2.37. The zero-order valence-electron chi connectivity index (χ0n) is 20.6. The molecule has 0 unspecified atom stereocenters. The van der Waals surface area contributed by atoms with E-state index in [-0.39, 0.29) is 35.0 Å². The number of nitrogens with one attached hydrogen (secondary N) is 2. The number of alkyl halides is 3. The van der Waals surface area contributed by atoms with Crippen LogP contribution in [0, 0.1) is 6.92 Å². The summed E-state index contributed by atoms with van der Waals surface area (Å²) in [5.74, 6) is -0.397. The fraction of sp³-hybridized carbons (Fsp3) is 0.320. The largest absolute Gasteiger partial charge is 0.493 e. The van der Waals surface area contributed by atoms with Crippen molar-refractivity contribution in [3.63, 3.8) is 0 Å². The van der Waals surface area contributed by atoms with Gasteiger partial charge in [0.2, 0.25) is 5.91 Å². The Hall–Kier alpha value is -4.22. The third kappa shape index (κ3) is 6.13. The lowest BCUT2D eigenvalue weighted by atomic mass is 9.80. The molecule has 1 heterocycles. The number of rotatable bonds is 7. The molecular formula is C25H26F3N5O4. The predicted molar refractivity (Wildman–Crippen MR) is 130 cm³/mol. The highest BCUT2D eigenvalue weighted by Gasteiger charge is 2.40. The van der Waals surface area contributed by atoms with Crippen molar-refractivity contribution in [2.75, 3.05) is 17.2 Å². The molecule has 0 spiro atoms. The molecule has 2 aromatic rings. The zero-order valence-corrected chi connectivity index (χ0v) is 20.6. The van der Waals surface area contributed by atoms with Gasteiger partial charge in [0.25, 0.3) is 0 Å². The Morgan fingerprint density at radius 1 is 1.16 bits per heavy atom. The SMILES string of the molecule is CCOC1=CC(=O)CC=C1c1ncc(NC(=O)Nc2ccc(C(C)(C)C(N)=O)c(C(F)(F)F)c2)c(C)n1. The number of halogens is 3. The molecule has 1 aliphatic rings. The second-order valence-electron chi connectivity index (χ2n) is 8.75. The van der Waals surface area contributed by atoms with Gasteiger partial charge in [-0.15, -0.1) is 0 Å². The smallest absolute Gasteiger partial charge is 0.416 e. The molecule has 37 heavy (non-hydrogen) atoms. The molecule has 0 radical (unpaired) electrons. The number of allylic oxidation sites excluding steroid dienone is 3. The number of anilines is 2. The summed E-state index contributed by atoms with van der Waals surface area (Å²) in [5, 5.41) is 4.85. The number of aryl methyl sites for hydroxylation is 1. The molecule has 3 amide bonds. The molecule has 4 N–H and O–H groups in total. The number of benzene rings is 1. The van der Waals surface area contributed by atoms with E-state index in [0.29, 0.717) is 23.6 Å². The monoisotopic (exact) mass is 517 g/mol. The van der Waals surface area contributed by atoms with Crippen LogP contribution in [0.15, 0.2) is 42.3 Å². The van der Waals surface area contributed by atoms with Gasteiger partial charge in [-0.2, -0.15) is 13.2 Å². The van der Waals surface area contributed by atoms with Gasteiger partial charge in [-0.3, -0.25) is 9.59 Å². The fourth-order valence-corrected chi connectivity index (χ4v) is 3.60. The van der Waals surface area contributed by atoms with Crippen LogP contribution in [0.25, 0.3) is 5.57 Å². The van der Waals surface area contributed by atoms with Crippen LogP contribution in [0.3, 0.4) is 0 Å². The molecule has 1 aromatic heterocycles. The normalized spacial score (nSPS) is 14.0. The predicted octanol–water partition coefficient (Wildman–Crippen LogP) is 4.49. The van der Waals surface area contributed by atoms with E-state index in [4.69, 9.17) is 10.5 Å². The number of hydrogen-bond acceptors (Lipinski definition) is 6. The minimum absolute atomic E-state index is 0.112. The number of carbonyl (C=O) groups excluding carboxylic acids is 3. The van der Waals surface area contributed by atoms with Crippen molar-refractivity contribution in [3.05, 3.63) is 65.0 Å². The van der Waals surface area contributed by atoms with E-state index in [9.17, 15) is 27.6 Å².